The molecule has 1 N–H and O–H groups in total. The minimum absolute atomic E-state index is 0.0898. The molecule has 2 atom stereocenters. The van der Waals surface area contributed by atoms with E-state index in [-0.39, 0.29) is 29.3 Å². The van der Waals surface area contributed by atoms with Crippen molar-refractivity contribution in [2.24, 2.45) is 0 Å². The summed E-state index contributed by atoms with van der Waals surface area (Å²) in [7, 11) is -4.73. The van der Waals surface area contributed by atoms with Crippen molar-refractivity contribution >= 4 is 26.6 Å². The summed E-state index contributed by atoms with van der Waals surface area (Å²) in [5.41, 5.74) is -3.71. The summed E-state index contributed by atoms with van der Waals surface area (Å²) in [6, 6.07) is 8.66. The van der Waals surface area contributed by atoms with Gasteiger partial charge in [-0.05, 0) is 49.3 Å². The van der Waals surface area contributed by atoms with Gasteiger partial charge in [0, 0.05) is 38.8 Å². The van der Waals surface area contributed by atoms with Gasteiger partial charge < -0.3 is 14.8 Å². The molecule has 1 aliphatic heterocycles. The van der Waals surface area contributed by atoms with Crippen LogP contribution in [0.5, 0.6) is 5.75 Å². The largest absolute Gasteiger partial charge is 0.492 e. The maximum atomic E-state index is 14.3. The number of halogens is 5. The molecule has 3 aromatic heterocycles. The van der Waals surface area contributed by atoms with Crippen LogP contribution in [0.25, 0.3) is 22.3 Å². The number of fused-ring (bicyclic) bond motifs is 2. The predicted molar refractivity (Wildman–Crippen MR) is 151 cm³/mol. The first-order chi connectivity index (χ1) is 23.3. The molecule has 4 aromatic rings. The smallest absolute Gasteiger partial charge is 0.264 e. The standard InChI is InChI=1S/C30H25F5N4O5S/c1-2-44-24-6-5-22(39-27(24)20-10-30(20,34)35)21-4-3-15-11-36-17(9-23(15)38-21)12-37-29(40)16-7-18(28(32)33)19-13-43-14-26(31)45(41,42)25(19)8-16/h3-9,11,20,26,28H,2,10,12-14H2,1H3,(H,37,40)/t20?,26-/m1/s1/i1D3,2D2. The van der Waals surface area contributed by atoms with Crippen molar-refractivity contribution in [2.75, 3.05) is 13.2 Å². The highest BCUT2D eigenvalue weighted by atomic mass is 32.2. The fraction of sp³-hybridized carbons (Fsp3) is 0.333. The van der Waals surface area contributed by atoms with Crippen molar-refractivity contribution < 1.29 is 51.5 Å². The Morgan fingerprint density at radius 2 is 1.96 bits per heavy atom. The molecule has 45 heavy (non-hydrogen) atoms. The molecule has 15 heteroatoms. The van der Waals surface area contributed by atoms with Gasteiger partial charge in [0.25, 0.3) is 18.3 Å². The zero-order chi connectivity index (χ0) is 36.4. The molecular formula is C30H25F5N4O5S. The second-order valence-electron chi connectivity index (χ2n) is 10.4. The molecule has 0 spiro atoms. The lowest BCUT2D eigenvalue weighted by Gasteiger charge is -2.15. The van der Waals surface area contributed by atoms with Gasteiger partial charge in [0.05, 0.1) is 68.2 Å². The van der Waals surface area contributed by atoms with Crippen molar-refractivity contribution in [3.8, 4) is 17.1 Å². The van der Waals surface area contributed by atoms with Crippen molar-refractivity contribution in [3.05, 3.63) is 76.7 Å². The van der Waals surface area contributed by atoms with Gasteiger partial charge in [-0.15, -0.1) is 0 Å². The number of alkyl halides is 5. The minimum Gasteiger partial charge on any atom is -0.492 e. The zero-order valence-corrected chi connectivity index (χ0v) is 23.7. The van der Waals surface area contributed by atoms with Crippen LogP contribution in [0.3, 0.4) is 0 Å². The molecule has 0 bridgehead atoms. The highest BCUT2D eigenvalue weighted by Gasteiger charge is 2.59. The normalized spacial score (nSPS) is 22.2. The van der Waals surface area contributed by atoms with E-state index in [1.807, 2.05) is 0 Å². The zero-order valence-electron chi connectivity index (χ0n) is 27.9. The molecule has 1 aliphatic carbocycles. The van der Waals surface area contributed by atoms with Crippen LogP contribution in [0.1, 0.15) is 65.3 Å². The van der Waals surface area contributed by atoms with Crippen molar-refractivity contribution in [1.29, 1.82) is 0 Å². The molecule has 1 fully saturated rings. The summed E-state index contributed by atoms with van der Waals surface area (Å²) in [5.74, 6) is -6.00. The lowest BCUT2D eigenvalue weighted by molar-refractivity contribution is 0.0914. The first-order valence-electron chi connectivity index (χ1n) is 15.8. The van der Waals surface area contributed by atoms with Crippen LogP contribution in [0.2, 0.25) is 0 Å². The van der Waals surface area contributed by atoms with Gasteiger partial charge in [0.1, 0.15) is 5.75 Å². The van der Waals surface area contributed by atoms with Crippen LogP contribution >= 0.6 is 0 Å². The van der Waals surface area contributed by atoms with E-state index in [1.165, 1.54) is 24.4 Å². The number of sulfone groups is 1. The van der Waals surface area contributed by atoms with Gasteiger partial charge in [-0.1, -0.05) is 0 Å². The fourth-order valence-corrected chi connectivity index (χ4v) is 6.32. The van der Waals surface area contributed by atoms with E-state index in [0.29, 0.717) is 10.9 Å². The third-order valence-corrected chi connectivity index (χ3v) is 9.19. The molecule has 1 aromatic carbocycles. The summed E-state index contributed by atoms with van der Waals surface area (Å²) < 4.78 is 143. The van der Waals surface area contributed by atoms with Gasteiger partial charge in [0.15, 0.2) is 0 Å². The van der Waals surface area contributed by atoms with Gasteiger partial charge in [-0.2, -0.15) is 0 Å². The molecular weight excluding hydrogens is 623 g/mol. The van der Waals surface area contributed by atoms with E-state index in [0.717, 1.165) is 18.2 Å². The number of carbonyl (C=O) groups excluding carboxylic acids is 1. The van der Waals surface area contributed by atoms with Crippen LogP contribution in [-0.4, -0.2) is 53.9 Å². The molecule has 0 radical (unpaired) electrons. The van der Waals surface area contributed by atoms with Crippen LogP contribution in [0.15, 0.2) is 53.6 Å². The summed E-state index contributed by atoms with van der Waals surface area (Å²) in [6.07, 6.45) is -2.38. The Hall–Kier alpha value is -4.24. The van der Waals surface area contributed by atoms with Gasteiger partial charge in [-0.25, -0.2) is 40.3 Å². The Morgan fingerprint density at radius 1 is 1.20 bits per heavy atom. The Kier molecular flexibility index (Phi) is 6.45. The van der Waals surface area contributed by atoms with Crippen LogP contribution in [-0.2, 0) is 27.7 Å². The van der Waals surface area contributed by atoms with Crippen LogP contribution in [0, 0.1) is 0 Å². The SMILES string of the molecule is [2H]C([2H])([2H])C([2H])([2H])Oc1ccc(-c2ccc3cnc(CNC(=O)c4cc(C(F)F)c5c(c4)S(=O)(=O)[C@@H](F)COC5)cc3n2)nc1C1CC1(F)F. The Balaban J connectivity index is 1.26. The number of hydrogen-bond donors (Lipinski definition) is 1. The molecule has 4 heterocycles. The van der Waals surface area contributed by atoms with Crippen molar-refractivity contribution in [1.82, 2.24) is 20.3 Å². The molecule has 2 aliphatic rings. The van der Waals surface area contributed by atoms with E-state index in [4.69, 9.17) is 16.3 Å². The number of aromatic nitrogens is 3. The molecule has 9 nitrogen and oxygen atoms in total. The average molecular weight is 654 g/mol. The number of nitrogens with zero attached hydrogens (tertiary/aromatic N) is 3. The van der Waals surface area contributed by atoms with E-state index in [9.17, 15) is 35.2 Å². The quantitative estimate of drug-likeness (QED) is 0.241. The van der Waals surface area contributed by atoms with E-state index < -0.39 is 99.9 Å². The lowest BCUT2D eigenvalue weighted by atomic mass is 10.0. The number of hydrogen-bond acceptors (Lipinski definition) is 8. The highest BCUT2D eigenvalue weighted by molar-refractivity contribution is 7.92. The molecule has 1 unspecified atom stereocenters. The van der Waals surface area contributed by atoms with Gasteiger partial charge >= 0.3 is 0 Å². The van der Waals surface area contributed by atoms with Crippen LogP contribution < -0.4 is 10.1 Å². The summed E-state index contributed by atoms with van der Waals surface area (Å²) >= 11 is 0. The molecule has 6 rings (SSSR count). The topological polar surface area (TPSA) is 120 Å². The van der Waals surface area contributed by atoms with E-state index in [2.05, 4.69) is 20.3 Å². The average Bonchev–Trinajstić information content (AvgIpc) is 3.71. The van der Waals surface area contributed by atoms with Crippen molar-refractivity contribution in [2.45, 2.75) is 55.1 Å². The molecule has 0 saturated heterocycles. The maximum Gasteiger partial charge on any atom is 0.264 e. The molecule has 1 amide bonds. The summed E-state index contributed by atoms with van der Waals surface area (Å²) in [6.45, 7) is -8.13. The molecule has 236 valence electrons. The predicted octanol–water partition coefficient (Wildman–Crippen LogP) is 5.68. The Morgan fingerprint density at radius 3 is 2.69 bits per heavy atom. The van der Waals surface area contributed by atoms with Crippen LogP contribution in [0.4, 0.5) is 22.0 Å². The maximum absolute atomic E-state index is 14.3. The minimum atomic E-state index is -4.73. The lowest BCUT2D eigenvalue weighted by Crippen LogP contribution is -2.25. The molecule has 1 saturated carbocycles. The van der Waals surface area contributed by atoms with E-state index in [1.54, 1.807) is 6.07 Å². The third kappa shape index (κ3) is 5.93. The number of ether oxygens (including phenoxy) is 2. The monoisotopic (exact) mass is 653 g/mol. The summed E-state index contributed by atoms with van der Waals surface area (Å²) in [4.78, 5) is 25.2. The number of benzene rings is 1. The number of pyridine rings is 3. The Labute approximate surface area is 260 Å². The number of carbonyl (C=O) groups is 1. The van der Waals surface area contributed by atoms with Gasteiger partial charge in [-0.3, -0.25) is 9.78 Å². The second kappa shape index (κ2) is 11.6. The third-order valence-electron chi connectivity index (χ3n) is 7.40. The van der Waals surface area contributed by atoms with E-state index >= 15 is 0 Å². The number of amides is 1. The number of nitrogens with one attached hydrogen (secondary N) is 1. The first kappa shape index (κ1) is 25.0. The second-order valence-corrected chi connectivity index (χ2v) is 12.4. The fourth-order valence-electron chi connectivity index (χ4n) is 4.96. The highest BCUT2D eigenvalue weighted by Crippen LogP contribution is 2.57. The summed E-state index contributed by atoms with van der Waals surface area (Å²) in [5, 5.41) is 2.98. The Bertz CT molecular complexity index is 2120. The first-order valence-corrected chi connectivity index (χ1v) is 14.9. The van der Waals surface area contributed by atoms with Crippen molar-refractivity contribution in [3.63, 3.8) is 0 Å². The number of rotatable bonds is 8. The van der Waals surface area contributed by atoms with Gasteiger partial charge in [0.2, 0.25) is 15.3 Å².